The average molecular weight is 211 g/mol. The molecule has 1 aromatic heterocycles. The Balaban J connectivity index is 2.63. The summed E-state index contributed by atoms with van der Waals surface area (Å²) in [6, 6.07) is 3.62. The van der Waals surface area contributed by atoms with E-state index in [2.05, 4.69) is 5.43 Å². The molecule has 0 bridgehead atoms. The van der Waals surface area contributed by atoms with Crippen molar-refractivity contribution in [3.05, 3.63) is 28.0 Å². The number of nitrogens with two attached hydrogens (primary N) is 2. The van der Waals surface area contributed by atoms with Gasteiger partial charge in [0.05, 0.1) is 4.88 Å². The standard InChI is InChI=1S/C9H13N3OS/c10-6-2-1-3-7-4-5-8(14-7)9(13)12-11/h1,3-5H,2,6,10-11H2,(H,12,13). The van der Waals surface area contributed by atoms with Crippen LogP contribution in [0, 0.1) is 0 Å². The molecule has 1 amide bonds. The molecule has 0 radical (unpaired) electrons. The van der Waals surface area contributed by atoms with Gasteiger partial charge in [-0.1, -0.05) is 6.08 Å². The Hall–Kier alpha value is -1.17. The van der Waals surface area contributed by atoms with Crippen molar-refractivity contribution >= 4 is 23.3 Å². The molecular formula is C9H13N3OS. The summed E-state index contributed by atoms with van der Waals surface area (Å²) < 4.78 is 0. The van der Waals surface area contributed by atoms with E-state index in [0.717, 1.165) is 11.3 Å². The number of amides is 1. The molecule has 0 aromatic carbocycles. The van der Waals surface area contributed by atoms with Crippen LogP contribution >= 0.6 is 11.3 Å². The van der Waals surface area contributed by atoms with Crippen LogP contribution in [0.25, 0.3) is 6.08 Å². The van der Waals surface area contributed by atoms with Gasteiger partial charge in [-0.25, -0.2) is 5.84 Å². The average Bonchev–Trinajstić information content (AvgIpc) is 2.66. The first-order valence-corrected chi connectivity index (χ1v) is 5.07. The first kappa shape index (κ1) is 10.9. The zero-order valence-electron chi connectivity index (χ0n) is 7.69. The Morgan fingerprint density at radius 1 is 1.57 bits per heavy atom. The molecule has 1 aromatic rings. The molecule has 0 atom stereocenters. The maximum atomic E-state index is 11.1. The summed E-state index contributed by atoms with van der Waals surface area (Å²) in [5.74, 6) is 4.75. The van der Waals surface area contributed by atoms with Gasteiger partial charge in [-0.2, -0.15) is 0 Å². The van der Waals surface area contributed by atoms with Crippen LogP contribution in [0.5, 0.6) is 0 Å². The topological polar surface area (TPSA) is 81.1 Å². The molecule has 0 fully saturated rings. The summed E-state index contributed by atoms with van der Waals surface area (Å²) in [5.41, 5.74) is 7.43. The lowest BCUT2D eigenvalue weighted by molar-refractivity contribution is 0.0957. The molecule has 0 saturated heterocycles. The maximum Gasteiger partial charge on any atom is 0.275 e. The Morgan fingerprint density at radius 3 is 3.00 bits per heavy atom. The molecule has 1 rings (SSSR count). The van der Waals surface area contributed by atoms with Gasteiger partial charge in [0.1, 0.15) is 0 Å². The van der Waals surface area contributed by atoms with E-state index in [1.165, 1.54) is 11.3 Å². The second kappa shape index (κ2) is 5.54. The number of carbonyl (C=O) groups excluding carboxylic acids is 1. The summed E-state index contributed by atoms with van der Waals surface area (Å²) in [5, 5.41) is 0. The minimum absolute atomic E-state index is 0.256. The molecule has 4 nitrogen and oxygen atoms in total. The van der Waals surface area contributed by atoms with Gasteiger partial charge in [-0.05, 0) is 31.2 Å². The lowest BCUT2D eigenvalue weighted by Crippen LogP contribution is -2.29. The number of nitrogen functional groups attached to an aromatic ring is 1. The van der Waals surface area contributed by atoms with Crippen molar-refractivity contribution in [2.24, 2.45) is 11.6 Å². The van der Waals surface area contributed by atoms with E-state index in [0.29, 0.717) is 11.4 Å². The highest BCUT2D eigenvalue weighted by molar-refractivity contribution is 7.14. The van der Waals surface area contributed by atoms with E-state index < -0.39 is 0 Å². The van der Waals surface area contributed by atoms with Gasteiger partial charge >= 0.3 is 0 Å². The Morgan fingerprint density at radius 2 is 2.36 bits per heavy atom. The van der Waals surface area contributed by atoms with E-state index >= 15 is 0 Å². The van der Waals surface area contributed by atoms with E-state index in [9.17, 15) is 4.79 Å². The molecule has 0 aliphatic rings. The first-order valence-electron chi connectivity index (χ1n) is 4.25. The summed E-state index contributed by atoms with van der Waals surface area (Å²) in [6.07, 6.45) is 4.77. The summed E-state index contributed by atoms with van der Waals surface area (Å²) in [6.45, 7) is 0.637. The summed E-state index contributed by atoms with van der Waals surface area (Å²) >= 11 is 1.40. The molecule has 14 heavy (non-hydrogen) atoms. The number of nitrogens with one attached hydrogen (secondary N) is 1. The fourth-order valence-corrected chi connectivity index (χ4v) is 1.77. The van der Waals surface area contributed by atoms with E-state index in [1.54, 1.807) is 6.07 Å². The molecule has 1 heterocycles. The fraction of sp³-hybridized carbons (Fsp3) is 0.222. The smallest absolute Gasteiger partial charge is 0.275 e. The van der Waals surface area contributed by atoms with Crippen molar-refractivity contribution in [3.63, 3.8) is 0 Å². The number of hydrogen-bond acceptors (Lipinski definition) is 4. The van der Waals surface area contributed by atoms with Crippen molar-refractivity contribution < 1.29 is 4.79 Å². The van der Waals surface area contributed by atoms with Crippen molar-refractivity contribution in [2.45, 2.75) is 6.42 Å². The minimum atomic E-state index is -0.256. The zero-order valence-corrected chi connectivity index (χ0v) is 8.51. The second-order valence-corrected chi connectivity index (χ2v) is 3.77. The fourth-order valence-electron chi connectivity index (χ4n) is 0.931. The molecule has 0 unspecified atom stereocenters. The van der Waals surface area contributed by atoms with Gasteiger partial charge < -0.3 is 5.73 Å². The minimum Gasteiger partial charge on any atom is -0.330 e. The van der Waals surface area contributed by atoms with Gasteiger partial charge in [0.15, 0.2) is 0 Å². The molecule has 0 saturated carbocycles. The predicted octanol–water partition coefficient (Wildman–Crippen LogP) is 0.714. The molecule has 0 aliphatic heterocycles. The Bertz CT molecular complexity index is 333. The van der Waals surface area contributed by atoms with Crippen LogP contribution in [0.4, 0.5) is 0 Å². The van der Waals surface area contributed by atoms with Gasteiger partial charge in [0, 0.05) is 4.88 Å². The normalized spacial score (nSPS) is 10.7. The number of hydrazine groups is 1. The van der Waals surface area contributed by atoms with Crippen LogP contribution in [0.3, 0.4) is 0 Å². The quantitative estimate of drug-likeness (QED) is 0.390. The molecule has 5 heteroatoms. The van der Waals surface area contributed by atoms with Crippen LogP contribution < -0.4 is 17.0 Å². The first-order chi connectivity index (χ1) is 6.77. The third-order valence-corrected chi connectivity index (χ3v) is 2.65. The van der Waals surface area contributed by atoms with Crippen LogP contribution in [-0.4, -0.2) is 12.5 Å². The van der Waals surface area contributed by atoms with Gasteiger partial charge in [0.2, 0.25) is 0 Å². The van der Waals surface area contributed by atoms with Crippen molar-refractivity contribution in [1.82, 2.24) is 5.43 Å². The van der Waals surface area contributed by atoms with Crippen LogP contribution in [0.2, 0.25) is 0 Å². The highest BCUT2D eigenvalue weighted by atomic mass is 32.1. The SMILES string of the molecule is NCCC=Cc1ccc(C(=O)NN)s1. The molecule has 0 aliphatic carbocycles. The van der Waals surface area contributed by atoms with Crippen molar-refractivity contribution in [1.29, 1.82) is 0 Å². The third-order valence-electron chi connectivity index (χ3n) is 1.60. The van der Waals surface area contributed by atoms with Gasteiger partial charge in [0.25, 0.3) is 5.91 Å². The highest BCUT2D eigenvalue weighted by Crippen LogP contribution is 2.17. The monoisotopic (exact) mass is 211 g/mol. The largest absolute Gasteiger partial charge is 0.330 e. The Kier molecular flexibility index (Phi) is 4.31. The van der Waals surface area contributed by atoms with Crippen molar-refractivity contribution in [2.75, 3.05) is 6.54 Å². The van der Waals surface area contributed by atoms with Crippen molar-refractivity contribution in [3.8, 4) is 0 Å². The Labute approximate surface area is 86.6 Å². The van der Waals surface area contributed by atoms with E-state index in [1.807, 2.05) is 18.2 Å². The lowest BCUT2D eigenvalue weighted by Gasteiger charge is -1.91. The van der Waals surface area contributed by atoms with E-state index in [4.69, 9.17) is 11.6 Å². The second-order valence-electron chi connectivity index (χ2n) is 2.66. The van der Waals surface area contributed by atoms with Crippen LogP contribution in [0.15, 0.2) is 18.2 Å². The maximum absolute atomic E-state index is 11.1. The summed E-state index contributed by atoms with van der Waals surface area (Å²) in [7, 11) is 0. The highest BCUT2D eigenvalue weighted by Gasteiger charge is 2.05. The van der Waals surface area contributed by atoms with Crippen LogP contribution in [0.1, 0.15) is 21.0 Å². The van der Waals surface area contributed by atoms with Gasteiger partial charge in [-0.15, -0.1) is 11.3 Å². The van der Waals surface area contributed by atoms with Crippen LogP contribution in [-0.2, 0) is 0 Å². The number of carbonyl (C=O) groups is 1. The molecular weight excluding hydrogens is 198 g/mol. The molecule has 5 N–H and O–H groups in total. The predicted molar refractivity (Wildman–Crippen MR) is 58.7 cm³/mol. The summed E-state index contributed by atoms with van der Waals surface area (Å²) in [4.78, 5) is 12.7. The number of rotatable bonds is 4. The molecule has 0 spiro atoms. The molecule has 76 valence electrons. The van der Waals surface area contributed by atoms with Gasteiger partial charge in [-0.3, -0.25) is 10.2 Å². The lowest BCUT2D eigenvalue weighted by atomic mass is 10.3. The van der Waals surface area contributed by atoms with E-state index in [-0.39, 0.29) is 5.91 Å². The zero-order chi connectivity index (χ0) is 10.4. The number of hydrogen-bond donors (Lipinski definition) is 3. The third kappa shape index (κ3) is 2.95. The number of thiophene rings is 1.